The van der Waals surface area contributed by atoms with Crippen LogP contribution >= 0.6 is 39.1 Å². The second-order valence-corrected chi connectivity index (χ2v) is 6.44. The van der Waals surface area contributed by atoms with Crippen LogP contribution in [0.3, 0.4) is 0 Å². The lowest BCUT2D eigenvalue weighted by Crippen LogP contribution is -2.38. The first-order valence-electron chi connectivity index (χ1n) is 6.33. The largest absolute Gasteiger partial charge is 0.271 e. The Morgan fingerprint density at radius 3 is 2.24 bits per heavy atom. The Labute approximate surface area is 141 Å². The van der Waals surface area contributed by atoms with E-state index in [1.54, 1.807) is 18.2 Å². The zero-order chi connectivity index (χ0) is 15.4. The van der Waals surface area contributed by atoms with Gasteiger partial charge in [0.1, 0.15) is 5.82 Å². The molecule has 0 aromatic heterocycles. The van der Waals surface area contributed by atoms with Crippen molar-refractivity contribution < 1.29 is 4.39 Å². The minimum atomic E-state index is -0.277. The number of nitrogens with two attached hydrogens (primary N) is 1. The van der Waals surface area contributed by atoms with E-state index in [1.165, 1.54) is 6.07 Å². The Bertz CT molecular complexity index is 584. The van der Waals surface area contributed by atoms with Crippen LogP contribution in [0, 0.1) is 5.82 Å². The molecule has 0 saturated carbocycles. The second kappa shape index (κ2) is 7.56. The summed E-state index contributed by atoms with van der Waals surface area (Å²) in [6.45, 7) is 0. The van der Waals surface area contributed by atoms with Crippen LogP contribution in [0.4, 0.5) is 4.39 Å². The van der Waals surface area contributed by atoms with E-state index >= 15 is 0 Å². The second-order valence-electron chi connectivity index (χ2n) is 4.77. The zero-order valence-electron chi connectivity index (χ0n) is 11.0. The molecule has 0 amide bonds. The van der Waals surface area contributed by atoms with Crippen molar-refractivity contribution >= 4 is 39.1 Å². The van der Waals surface area contributed by atoms with Crippen molar-refractivity contribution in [2.24, 2.45) is 5.84 Å². The van der Waals surface area contributed by atoms with E-state index in [1.807, 2.05) is 12.1 Å². The van der Waals surface area contributed by atoms with Gasteiger partial charge in [-0.15, -0.1) is 0 Å². The molecule has 112 valence electrons. The van der Waals surface area contributed by atoms with Gasteiger partial charge in [0.05, 0.1) is 14.5 Å². The maximum atomic E-state index is 13.2. The molecule has 0 fully saturated rings. The first kappa shape index (κ1) is 16.7. The van der Waals surface area contributed by atoms with Gasteiger partial charge in [-0.2, -0.15) is 0 Å². The number of rotatable bonds is 5. The molecule has 0 spiro atoms. The van der Waals surface area contributed by atoms with Crippen LogP contribution < -0.4 is 11.3 Å². The predicted molar refractivity (Wildman–Crippen MR) is 89.1 cm³/mol. The van der Waals surface area contributed by atoms with E-state index in [2.05, 4.69) is 21.4 Å². The zero-order valence-corrected chi connectivity index (χ0v) is 14.1. The lowest BCUT2D eigenvalue weighted by atomic mass is 9.99. The summed E-state index contributed by atoms with van der Waals surface area (Å²) in [5.41, 5.74) is 4.81. The Balaban J connectivity index is 2.08. The predicted octanol–water partition coefficient (Wildman–Crippen LogP) is 4.51. The van der Waals surface area contributed by atoms with Crippen molar-refractivity contribution in [1.29, 1.82) is 0 Å². The SMILES string of the molecule is NNC(Cc1ccc(Cl)c(Cl)c1)Cc1ccc(F)c(Br)c1. The van der Waals surface area contributed by atoms with Crippen LogP contribution in [0.15, 0.2) is 40.9 Å². The minimum Gasteiger partial charge on any atom is -0.271 e. The number of hydrazine groups is 1. The molecule has 0 aliphatic heterocycles. The molecule has 0 aliphatic rings. The Morgan fingerprint density at radius 2 is 1.67 bits per heavy atom. The number of benzene rings is 2. The Kier molecular flexibility index (Phi) is 6.02. The van der Waals surface area contributed by atoms with Crippen LogP contribution in [0.25, 0.3) is 0 Å². The summed E-state index contributed by atoms with van der Waals surface area (Å²) in [4.78, 5) is 0. The summed E-state index contributed by atoms with van der Waals surface area (Å²) in [6, 6.07) is 10.5. The highest BCUT2D eigenvalue weighted by atomic mass is 79.9. The highest BCUT2D eigenvalue weighted by molar-refractivity contribution is 9.10. The fourth-order valence-electron chi connectivity index (χ4n) is 2.09. The molecule has 0 radical (unpaired) electrons. The van der Waals surface area contributed by atoms with Gasteiger partial charge in [-0.1, -0.05) is 35.3 Å². The third kappa shape index (κ3) is 4.66. The summed E-state index contributed by atoms with van der Waals surface area (Å²) >= 11 is 15.1. The standard InChI is InChI=1S/C15H14BrCl2FN2/c16-12-7-9(2-4-15(12)19)5-11(21-20)6-10-1-3-13(17)14(18)8-10/h1-4,7-8,11,21H,5-6,20H2. The molecule has 1 unspecified atom stereocenters. The summed E-state index contributed by atoms with van der Waals surface area (Å²) in [6.07, 6.45) is 1.37. The van der Waals surface area contributed by atoms with Gasteiger partial charge < -0.3 is 0 Å². The molecule has 2 nitrogen and oxygen atoms in total. The van der Waals surface area contributed by atoms with Gasteiger partial charge in [0, 0.05) is 6.04 Å². The summed E-state index contributed by atoms with van der Waals surface area (Å²) in [5, 5.41) is 1.05. The number of nitrogens with one attached hydrogen (secondary N) is 1. The van der Waals surface area contributed by atoms with Crippen LogP contribution in [0.1, 0.15) is 11.1 Å². The lowest BCUT2D eigenvalue weighted by molar-refractivity contribution is 0.521. The van der Waals surface area contributed by atoms with Gasteiger partial charge >= 0.3 is 0 Å². The molecule has 3 N–H and O–H groups in total. The molecule has 0 aliphatic carbocycles. The molecular formula is C15H14BrCl2FN2. The van der Waals surface area contributed by atoms with Crippen molar-refractivity contribution in [2.75, 3.05) is 0 Å². The normalized spacial score (nSPS) is 12.4. The highest BCUT2D eigenvalue weighted by Crippen LogP contribution is 2.24. The summed E-state index contributed by atoms with van der Waals surface area (Å²) in [7, 11) is 0. The summed E-state index contributed by atoms with van der Waals surface area (Å²) < 4.78 is 13.7. The Hall–Kier alpha value is -0.650. The fourth-order valence-corrected chi connectivity index (χ4v) is 2.84. The van der Waals surface area contributed by atoms with Gasteiger partial charge in [0.2, 0.25) is 0 Å². The average Bonchev–Trinajstić information content (AvgIpc) is 2.46. The highest BCUT2D eigenvalue weighted by Gasteiger charge is 2.11. The number of hydrogen-bond donors (Lipinski definition) is 2. The van der Waals surface area contributed by atoms with E-state index < -0.39 is 0 Å². The smallest absolute Gasteiger partial charge is 0.137 e. The molecule has 0 heterocycles. The van der Waals surface area contributed by atoms with E-state index in [0.717, 1.165) is 11.1 Å². The molecule has 1 atom stereocenters. The van der Waals surface area contributed by atoms with E-state index in [0.29, 0.717) is 27.4 Å². The van der Waals surface area contributed by atoms with Gasteiger partial charge in [-0.3, -0.25) is 11.3 Å². The fraction of sp³-hybridized carbons (Fsp3) is 0.200. The van der Waals surface area contributed by atoms with E-state index in [9.17, 15) is 4.39 Å². The third-order valence-electron chi connectivity index (χ3n) is 3.17. The van der Waals surface area contributed by atoms with Gasteiger partial charge in [0.15, 0.2) is 0 Å². The van der Waals surface area contributed by atoms with Crippen LogP contribution in [0.2, 0.25) is 10.0 Å². The maximum absolute atomic E-state index is 13.2. The van der Waals surface area contributed by atoms with Crippen LogP contribution in [0.5, 0.6) is 0 Å². The van der Waals surface area contributed by atoms with E-state index in [-0.39, 0.29) is 11.9 Å². The van der Waals surface area contributed by atoms with Crippen LogP contribution in [-0.2, 0) is 12.8 Å². The Morgan fingerprint density at radius 1 is 1.05 bits per heavy atom. The summed E-state index contributed by atoms with van der Waals surface area (Å²) in [5.74, 6) is 5.33. The van der Waals surface area contributed by atoms with Gasteiger partial charge in [0.25, 0.3) is 0 Å². The first-order valence-corrected chi connectivity index (χ1v) is 7.88. The average molecular weight is 392 g/mol. The topological polar surface area (TPSA) is 38.0 Å². The van der Waals surface area contributed by atoms with Crippen molar-refractivity contribution in [3.05, 3.63) is 67.9 Å². The lowest BCUT2D eigenvalue weighted by Gasteiger charge is -2.16. The van der Waals surface area contributed by atoms with Gasteiger partial charge in [-0.25, -0.2) is 4.39 Å². The van der Waals surface area contributed by atoms with Crippen molar-refractivity contribution in [3.8, 4) is 0 Å². The molecule has 6 heteroatoms. The molecule has 0 bridgehead atoms. The van der Waals surface area contributed by atoms with E-state index in [4.69, 9.17) is 29.0 Å². The number of halogens is 4. The first-order chi connectivity index (χ1) is 9.99. The van der Waals surface area contributed by atoms with Gasteiger partial charge in [-0.05, 0) is 64.2 Å². The van der Waals surface area contributed by atoms with Crippen molar-refractivity contribution in [3.63, 3.8) is 0 Å². The quantitative estimate of drug-likeness (QED) is 0.581. The molecule has 2 aromatic carbocycles. The maximum Gasteiger partial charge on any atom is 0.137 e. The molecule has 21 heavy (non-hydrogen) atoms. The molecule has 2 aromatic rings. The molecular weight excluding hydrogens is 378 g/mol. The third-order valence-corrected chi connectivity index (χ3v) is 4.51. The monoisotopic (exact) mass is 390 g/mol. The van der Waals surface area contributed by atoms with Crippen LogP contribution in [-0.4, -0.2) is 6.04 Å². The molecule has 0 saturated heterocycles. The molecule has 2 rings (SSSR count). The van der Waals surface area contributed by atoms with Crippen molar-refractivity contribution in [1.82, 2.24) is 5.43 Å². The van der Waals surface area contributed by atoms with Crippen molar-refractivity contribution in [2.45, 2.75) is 18.9 Å². The number of hydrogen-bond acceptors (Lipinski definition) is 2. The minimum absolute atomic E-state index is 0.0135.